The molecule has 0 bridgehead atoms. The van der Waals surface area contributed by atoms with Crippen LogP contribution in [0.1, 0.15) is 18.9 Å². The van der Waals surface area contributed by atoms with Crippen LogP contribution in [-0.2, 0) is 25.4 Å². The molecule has 0 aromatic heterocycles. The van der Waals surface area contributed by atoms with Gasteiger partial charge in [-0.05, 0) is 18.9 Å². The van der Waals surface area contributed by atoms with Crippen LogP contribution in [-0.4, -0.2) is 45.3 Å². The quantitative estimate of drug-likeness (QED) is 0.790. The van der Waals surface area contributed by atoms with Crippen LogP contribution in [0.4, 0.5) is 0 Å². The SMILES string of the molecule is CC(CO)(NS(=O)(=O)C1CCS(=O)(=O)C1)c1ccccc1. The maximum atomic E-state index is 12.4. The Morgan fingerprint density at radius 2 is 1.95 bits per heavy atom. The van der Waals surface area contributed by atoms with Gasteiger partial charge in [0, 0.05) is 0 Å². The van der Waals surface area contributed by atoms with E-state index in [4.69, 9.17) is 0 Å². The zero-order chi connectivity index (χ0) is 15.7. The van der Waals surface area contributed by atoms with E-state index < -0.39 is 37.3 Å². The first-order valence-corrected chi connectivity index (χ1v) is 9.95. The fourth-order valence-electron chi connectivity index (χ4n) is 2.39. The second-order valence-corrected chi connectivity index (χ2v) is 9.72. The zero-order valence-electron chi connectivity index (χ0n) is 11.7. The Labute approximate surface area is 125 Å². The van der Waals surface area contributed by atoms with Crippen LogP contribution in [0, 0.1) is 0 Å². The molecule has 1 aromatic carbocycles. The van der Waals surface area contributed by atoms with Gasteiger partial charge in [0.15, 0.2) is 9.84 Å². The van der Waals surface area contributed by atoms with Gasteiger partial charge in [-0.3, -0.25) is 0 Å². The van der Waals surface area contributed by atoms with Gasteiger partial charge in [0.1, 0.15) is 0 Å². The van der Waals surface area contributed by atoms with E-state index in [1.54, 1.807) is 37.3 Å². The molecule has 1 fully saturated rings. The van der Waals surface area contributed by atoms with Crippen LogP contribution in [0.25, 0.3) is 0 Å². The summed E-state index contributed by atoms with van der Waals surface area (Å²) < 4.78 is 50.1. The number of aliphatic hydroxyl groups is 1. The number of sulfonamides is 1. The van der Waals surface area contributed by atoms with Gasteiger partial charge in [-0.1, -0.05) is 30.3 Å². The van der Waals surface area contributed by atoms with Gasteiger partial charge >= 0.3 is 0 Å². The minimum atomic E-state index is -3.84. The van der Waals surface area contributed by atoms with Crippen LogP contribution >= 0.6 is 0 Å². The number of nitrogens with one attached hydrogen (secondary N) is 1. The van der Waals surface area contributed by atoms with Crippen molar-refractivity contribution in [1.82, 2.24) is 4.72 Å². The fraction of sp³-hybridized carbons (Fsp3) is 0.538. The van der Waals surface area contributed by atoms with Crippen LogP contribution < -0.4 is 4.72 Å². The Morgan fingerprint density at radius 3 is 2.43 bits per heavy atom. The Kier molecular flexibility index (Phi) is 4.44. The number of aliphatic hydroxyl groups excluding tert-OH is 1. The molecule has 0 saturated carbocycles. The number of hydrogen-bond donors (Lipinski definition) is 2. The van der Waals surface area contributed by atoms with E-state index in [0.717, 1.165) is 0 Å². The summed E-state index contributed by atoms with van der Waals surface area (Å²) in [6.07, 6.45) is 0.0912. The highest BCUT2D eigenvalue weighted by molar-refractivity contribution is 7.95. The van der Waals surface area contributed by atoms with Gasteiger partial charge in [0.25, 0.3) is 0 Å². The van der Waals surface area contributed by atoms with Crippen molar-refractivity contribution >= 4 is 19.9 Å². The lowest BCUT2D eigenvalue weighted by Crippen LogP contribution is -2.49. The third kappa shape index (κ3) is 3.63. The van der Waals surface area contributed by atoms with Crippen molar-refractivity contribution in [1.29, 1.82) is 0 Å². The van der Waals surface area contributed by atoms with Crippen LogP contribution in [0.2, 0.25) is 0 Å². The molecule has 21 heavy (non-hydrogen) atoms. The van der Waals surface area contributed by atoms with Crippen molar-refractivity contribution in [2.45, 2.75) is 24.1 Å². The summed E-state index contributed by atoms with van der Waals surface area (Å²) >= 11 is 0. The third-order valence-electron chi connectivity index (χ3n) is 3.72. The highest BCUT2D eigenvalue weighted by atomic mass is 32.2. The largest absolute Gasteiger partial charge is 0.394 e. The van der Waals surface area contributed by atoms with Gasteiger partial charge < -0.3 is 5.11 Å². The van der Waals surface area contributed by atoms with E-state index in [2.05, 4.69) is 4.72 Å². The molecule has 0 radical (unpaired) electrons. The lowest BCUT2D eigenvalue weighted by molar-refractivity contribution is 0.195. The smallest absolute Gasteiger partial charge is 0.216 e. The first-order valence-electron chi connectivity index (χ1n) is 6.58. The lowest BCUT2D eigenvalue weighted by atomic mass is 9.94. The number of rotatable bonds is 5. The molecule has 1 aromatic rings. The average Bonchev–Trinajstić information content (AvgIpc) is 2.80. The number of hydrogen-bond acceptors (Lipinski definition) is 5. The lowest BCUT2D eigenvalue weighted by Gasteiger charge is -2.30. The molecule has 8 heteroatoms. The molecule has 6 nitrogen and oxygen atoms in total. The molecule has 1 aliphatic heterocycles. The molecule has 118 valence electrons. The number of sulfone groups is 1. The van der Waals surface area contributed by atoms with E-state index in [0.29, 0.717) is 5.56 Å². The summed E-state index contributed by atoms with van der Waals surface area (Å²) in [5, 5.41) is 8.64. The van der Waals surface area contributed by atoms with Gasteiger partial charge in [-0.25, -0.2) is 21.6 Å². The van der Waals surface area contributed by atoms with Crippen molar-refractivity contribution in [3.63, 3.8) is 0 Å². The number of benzene rings is 1. The maximum Gasteiger partial charge on any atom is 0.216 e. The highest BCUT2D eigenvalue weighted by Crippen LogP contribution is 2.25. The molecular weight excluding hydrogens is 314 g/mol. The molecule has 1 heterocycles. The standard InChI is InChI=1S/C13H19NO5S2/c1-13(10-15,11-5-3-2-4-6-11)14-21(18,19)12-7-8-20(16,17)9-12/h2-6,12,14-15H,7-10H2,1H3. The fourth-order valence-corrected chi connectivity index (χ4v) is 6.83. The average molecular weight is 333 g/mol. The van der Waals surface area contributed by atoms with Crippen molar-refractivity contribution in [2.75, 3.05) is 18.1 Å². The van der Waals surface area contributed by atoms with Gasteiger partial charge in [-0.2, -0.15) is 0 Å². The van der Waals surface area contributed by atoms with Crippen molar-refractivity contribution in [3.05, 3.63) is 35.9 Å². The van der Waals surface area contributed by atoms with E-state index >= 15 is 0 Å². The topological polar surface area (TPSA) is 101 Å². The molecule has 0 amide bonds. The van der Waals surface area contributed by atoms with Gasteiger partial charge in [0.05, 0.1) is 28.9 Å². The summed E-state index contributed by atoms with van der Waals surface area (Å²) in [7, 11) is -7.13. The molecule has 0 spiro atoms. The predicted molar refractivity (Wildman–Crippen MR) is 80.0 cm³/mol. The first-order chi connectivity index (χ1) is 9.69. The minimum absolute atomic E-state index is 0.0912. The summed E-state index contributed by atoms with van der Waals surface area (Å²) in [5.74, 6) is -0.474. The molecular formula is C13H19NO5S2. The Morgan fingerprint density at radius 1 is 1.33 bits per heavy atom. The second-order valence-electron chi connectivity index (χ2n) is 5.53. The second kappa shape index (κ2) is 5.68. The first kappa shape index (κ1) is 16.4. The zero-order valence-corrected chi connectivity index (χ0v) is 13.3. The van der Waals surface area contributed by atoms with Crippen LogP contribution in [0.3, 0.4) is 0 Å². The summed E-state index contributed by atoms with van der Waals surface area (Å²) in [5.41, 5.74) is -0.552. The van der Waals surface area contributed by atoms with Gasteiger partial charge in [-0.15, -0.1) is 0 Å². The van der Waals surface area contributed by atoms with E-state index in [1.165, 1.54) is 0 Å². The van der Waals surface area contributed by atoms with E-state index in [1.807, 2.05) is 0 Å². The normalized spacial score (nSPS) is 24.6. The van der Waals surface area contributed by atoms with Crippen LogP contribution in [0.15, 0.2) is 30.3 Å². The molecule has 2 unspecified atom stereocenters. The minimum Gasteiger partial charge on any atom is -0.394 e. The van der Waals surface area contributed by atoms with Crippen molar-refractivity contribution in [3.8, 4) is 0 Å². The maximum absolute atomic E-state index is 12.4. The highest BCUT2D eigenvalue weighted by Gasteiger charge is 2.41. The Hall–Kier alpha value is -0.960. The monoisotopic (exact) mass is 333 g/mol. The summed E-state index contributed by atoms with van der Waals surface area (Å²) in [4.78, 5) is 0. The Balaban J connectivity index is 2.26. The Bertz CT molecular complexity index is 699. The molecule has 1 aliphatic rings. The molecule has 2 rings (SSSR count). The van der Waals surface area contributed by atoms with Crippen molar-refractivity contribution < 1.29 is 21.9 Å². The van der Waals surface area contributed by atoms with Crippen molar-refractivity contribution in [2.24, 2.45) is 0 Å². The predicted octanol–water partition coefficient (Wildman–Crippen LogP) is 0.000600. The summed E-state index contributed by atoms with van der Waals surface area (Å²) in [6.45, 7) is 1.15. The van der Waals surface area contributed by atoms with E-state index in [9.17, 15) is 21.9 Å². The van der Waals surface area contributed by atoms with E-state index in [-0.39, 0.29) is 17.9 Å². The molecule has 0 aliphatic carbocycles. The molecule has 2 atom stereocenters. The summed E-state index contributed by atoms with van der Waals surface area (Å²) in [6, 6.07) is 8.71. The van der Waals surface area contributed by atoms with Gasteiger partial charge in [0.2, 0.25) is 10.0 Å². The third-order valence-corrected chi connectivity index (χ3v) is 7.72. The van der Waals surface area contributed by atoms with Crippen LogP contribution in [0.5, 0.6) is 0 Å². The molecule has 1 saturated heterocycles. The molecule has 2 N–H and O–H groups in total.